The third-order valence-corrected chi connectivity index (χ3v) is 2.96. The Morgan fingerprint density at radius 3 is 2.67 bits per heavy atom. The van der Waals surface area contributed by atoms with E-state index in [0.717, 1.165) is 5.56 Å². The maximum atomic E-state index is 12.4. The number of carbonyl (C=O) groups excluding carboxylic acids is 1. The average Bonchev–Trinajstić information content (AvgIpc) is 2.84. The zero-order valence-corrected chi connectivity index (χ0v) is 12.6. The Kier molecular flexibility index (Phi) is 4.04. The second-order valence-electron chi connectivity index (χ2n) is 5.99. The number of aliphatic imine (C=N–C) groups is 1. The quantitative estimate of drug-likeness (QED) is 0.633. The summed E-state index contributed by atoms with van der Waals surface area (Å²) >= 11 is 0. The molecule has 21 heavy (non-hydrogen) atoms. The van der Waals surface area contributed by atoms with Crippen LogP contribution in [0, 0.1) is 12.3 Å². The molecule has 110 valence electrons. The second kappa shape index (κ2) is 5.61. The molecule has 0 amide bonds. The molecule has 0 N–H and O–H groups in total. The van der Waals surface area contributed by atoms with Gasteiger partial charge in [-0.15, -0.1) is 12.3 Å². The molecule has 1 aliphatic heterocycles. The summed E-state index contributed by atoms with van der Waals surface area (Å²) in [5, 5.41) is 0. The molecule has 1 unspecified atom stereocenters. The predicted octanol–water partition coefficient (Wildman–Crippen LogP) is 2.57. The van der Waals surface area contributed by atoms with Crippen molar-refractivity contribution in [3.8, 4) is 12.3 Å². The van der Waals surface area contributed by atoms with E-state index in [-0.39, 0.29) is 13.0 Å². The van der Waals surface area contributed by atoms with E-state index < -0.39 is 17.1 Å². The van der Waals surface area contributed by atoms with Gasteiger partial charge in [0, 0.05) is 12.0 Å². The van der Waals surface area contributed by atoms with Gasteiger partial charge in [-0.05, 0) is 32.9 Å². The van der Waals surface area contributed by atoms with Crippen LogP contribution in [0.5, 0.6) is 0 Å². The number of terminal acetylenes is 1. The van der Waals surface area contributed by atoms with Crippen LogP contribution in [0.3, 0.4) is 0 Å². The van der Waals surface area contributed by atoms with Gasteiger partial charge in [0.05, 0.1) is 0 Å². The Balaban J connectivity index is 2.31. The highest BCUT2D eigenvalue weighted by atomic mass is 16.6. The van der Waals surface area contributed by atoms with Crippen molar-refractivity contribution < 1.29 is 14.3 Å². The lowest BCUT2D eigenvalue weighted by atomic mass is 9.97. The van der Waals surface area contributed by atoms with Crippen molar-refractivity contribution in [1.82, 2.24) is 0 Å². The molecule has 4 nitrogen and oxygen atoms in total. The lowest BCUT2D eigenvalue weighted by Crippen LogP contribution is -2.43. The normalized spacial score (nSPS) is 21.1. The number of nitrogens with zero attached hydrogens (tertiary/aromatic N) is 1. The van der Waals surface area contributed by atoms with Crippen LogP contribution >= 0.6 is 0 Å². The van der Waals surface area contributed by atoms with Gasteiger partial charge in [-0.2, -0.15) is 0 Å². The van der Waals surface area contributed by atoms with Crippen LogP contribution in [-0.4, -0.2) is 29.6 Å². The molecule has 0 bridgehead atoms. The second-order valence-corrected chi connectivity index (χ2v) is 5.99. The monoisotopic (exact) mass is 285 g/mol. The summed E-state index contributed by atoms with van der Waals surface area (Å²) in [6.45, 7) is 5.54. The Bertz CT molecular complexity index is 593. The zero-order chi connectivity index (χ0) is 15.5. The van der Waals surface area contributed by atoms with Gasteiger partial charge in [0.1, 0.15) is 12.2 Å². The van der Waals surface area contributed by atoms with Crippen molar-refractivity contribution >= 4 is 11.9 Å². The smallest absolute Gasteiger partial charge is 0.339 e. The van der Waals surface area contributed by atoms with E-state index in [9.17, 15) is 4.79 Å². The molecule has 2 rings (SSSR count). The molecule has 0 fully saturated rings. The molecular weight excluding hydrogens is 266 g/mol. The van der Waals surface area contributed by atoms with E-state index in [1.54, 1.807) is 0 Å². The largest absolute Gasteiger partial charge is 0.474 e. The molecular formula is C17H19NO3. The summed E-state index contributed by atoms with van der Waals surface area (Å²) in [7, 11) is 0. The maximum absolute atomic E-state index is 12.4. The molecule has 0 radical (unpaired) electrons. The average molecular weight is 285 g/mol. The van der Waals surface area contributed by atoms with Crippen LogP contribution in [0.1, 0.15) is 32.8 Å². The van der Waals surface area contributed by atoms with Crippen molar-refractivity contribution in [2.45, 2.75) is 38.3 Å². The predicted molar refractivity (Wildman–Crippen MR) is 81.0 cm³/mol. The molecule has 0 aromatic heterocycles. The van der Waals surface area contributed by atoms with Gasteiger partial charge in [-0.3, -0.25) is 0 Å². The Morgan fingerprint density at radius 1 is 1.43 bits per heavy atom. The fraction of sp³-hybridized carbons (Fsp3) is 0.412. The summed E-state index contributed by atoms with van der Waals surface area (Å²) in [4.78, 5) is 16.9. The molecule has 1 aromatic carbocycles. The first-order valence-corrected chi connectivity index (χ1v) is 6.81. The van der Waals surface area contributed by atoms with Crippen LogP contribution in [0.25, 0.3) is 0 Å². The van der Waals surface area contributed by atoms with Crippen LogP contribution in [0.2, 0.25) is 0 Å². The molecule has 1 aliphatic rings. The van der Waals surface area contributed by atoms with Gasteiger partial charge in [-0.25, -0.2) is 9.79 Å². The first kappa shape index (κ1) is 15.1. The first-order chi connectivity index (χ1) is 9.86. The lowest BCUT2D eigenvalue weighted by Gasteiger charge is -2.26. The number of rotatable bonds is 3. The molecule has 0 aliphatic carbocycles. The highest BCUT2D eigenvalue weighted by Crippen LogP contribution is 2.28. The summed E-state index contributed by atoms with van der Waals surface area (Å²) in [6, 6.07) is 9.42. The van der Waals surface area contributed by atoms with Crippen molar-refractivity contribution in [1.29, 1.82) is 0 Å². The van der Waals surface area contributed by atoms with Crippen LogP contribution in [0.4, 0.5) is 0 Å². The number of ether oxygens (including phenoxy) is 2. The van der Waals surface area contributed by atoms with E-state index in [0.29, 0.717) is 5.90 Å². The van der Waals surface area contributed by atoms with Gasteiger partial charge < -0.3 is 9.47 Å². The molecule has 1 atom stereocenters. The van der Waals surface area contributed by atoms with Gasteiger partial charge in [0.15, 0.2) is 0 Å². The van der Waals surface area contributed by atoms with Gasteiger partial charge in [0.2, 0.25) is 11.4 Å². The Hall–Kier alpha value is -2.28. The SMILES string of the molecule is C#CCC1(C(=O)OC(C)(C)C)COC(c2ccccc2)=N1. The zero-order valence-electron chi connectivity index (χ0n) is 12.6. The van der Waals surface area contributed by atoms with E-state index in [4.69, 9.17) is 15.9 Å². The van der Waals surface area contributed by atoms with Gasteiger partial charge in [-0.1, -0.05) is 18.2 Å². The van der Waals surface area contributed by atoms with Gasteiger partial charge in [0.25, 0.3) is 0 Å². The molecule has 1 heterocycles. The van der Waals surface area contributed by atoms with Gasteiger partial charge >= 0.3 is 5.97 Å². The molecule has 0 saturated heterocycles. The first-order valence-electron chi connectivity index (χ1n) is 6.81. The number of esters is 1. The van der Waals surface area contributed by atoms with Crippen LogP contribution in [0.15, 0.2) is 35.3 Å². The third-order valence-electron chi connectivity index (χ3n) is 2.96. The van der Waals surface area contributed by atoms with Crippen molar-refractivity contribution in [3.05, 3.63) is 35.9 Å². The summed E-state index contributed by atoms with van der Waals surface area (Å²) in [5.74, 6) is 2.48. The topological polar surface area (TPSA) is 47.9 Å². The minimum Gasteiger partial charge on any atom is -0.474 e. The standard InChI is InChI=1S/C17H19NO3/c1-5-11-17(15(19)21-16(2,3)4)12-20-14(18-17)13-9-7-6-8-10-13/h1,6-10H,11-12H2,2-4H3. The van der Waals surface area contributed by atoms with E-state index >= 15 is 0 Å². The third kappa shape index (κ3) is 3.43. The molecule has 0 spiro atoms. The van der Waals surface area contributed by atoms with Crippen molar-refractivity contribution in [3.63, 3.8) is 0 Å². The molecule has 1 aromatic rings. The summed E-state index contributed by atoms with van der Waals surface area (Å²) < 4.78 is 11.0. The molecule has 4 heteroatoms. The highest BCUT2D eigenvalue weighted by molar-refractivity contribution is 5.99. The maximum Gasteiger partial charge on any atom is 0.339 e. The van der Waals surface area contributed by atoms with Crippen molar-refractivity contribution in [2.75, 3.05) is 6.61 Å². The molecule has 0 saturated carbocycles. The number of hydrogen-bond donors (Lipinski definition) is 0. The Morgan fingerprint density at radius 2 is 2.10 bits per heavy atom. The fourth-order valence-electron chi connectivity index (χ4n) is 1.98. The fourth-order valence-corrected chi connectivity index (χ4v) is 1.98. The highest BCUT2D eigenvalue weighted by Gasteiger charge is 2.46. The lowest BCUT2D eigenvalue weighted by molar-refractivity contribution is -0.161. The summed E-state index contributed by atoms with van der Waals surface area (Å²) in [5.41, 5.74) is -0.920. The number of carbonyl (C=O) groups is 1. The minimum atomic E-state index is -1.15. The van der Waals surface area contributed by atoms with Crippen LogP contribution < -0.4 is 0 Å². The number of benzene rings is 1. The van der Waals surface area contributed by atoms with E-state index in [1.807, 2.05) is 51.1 Å². The Labute approximate surface area is 125 Å². The van der Waals surface area contributed by atoms with Crippen LogP contribution in [-0.2, 0) is 14.3 Å². The number of hydrogen-bond acceptors (Lipinski definition) is 4. The van der Waals surface area contributed by atoms with E-state index in [2.05, 4.69) is 10.9 Å². The summed E-state index contributed by atoms with van der Waals surface area (Å²) in [6.07, 6.45) is 5.55. The minimum absolute atomic E-state index is 0.107. The van der Waals surface area contributed by atoms with Crippen molar-refractivity contribution in [2.24, 2.45) is 4.99 Å². The van der Waals surface area contributed by atoms with E-state index in [1.165, 1.54) is 0 Å².